The Morgan fingerprint density at radius 3 is 2.43 bits per heavy atom. The Kier molecular flexibility index (Phi) is 7.45. The third-order valence-electron chi connectivity index (χ3n) is 5.82. The van der Waals surface area contributed by atoms with Gasteiger partial charge in [-0.3, -0.25) is 9.59 Å². The van der Waals surface area contributed by atoms with Crippen molar-refractivity contribution >= 4 is 22.9 Å². The number of aryl methyl sites for hydroxylation is 1. The molecule has 7 heteroatoms. The van der Waals surface area contributed by atoms with Gasteiger partial charge in [0.15, 0.2) is 0 Å². The molecule has 1 aromatic heterocycles. The van der Waals surface area contributed by atoms with Crippen LogP contribution in [-0.2, 0) is 11.2 Å². The number of nitrogens with zero attached hydrogens (tertiary/aromatic N) is 2. The van der Waals surface area contributed by atoms with E-state index in [1.807, 2.05) is 30.3 Å². The minimum atomic E-state index is -0.821. The second-order valence-electron chi connectivity index (χ2n) is 8.41. The number of fused-ring (bicyclic) bond motifs is 1. The van der Waals surface area contributed by atoms with E-state index >= 15 is 0 Å². The lowest BCUT2D eigenvalue weighted by Crippen LogP contribution is -2.27. The molecule has 1 amide bonds. The molecule has 0 saturated carbocycles. The average Bonchev–Trinajstić information content (AvgIpc) is 2.86. The molecule has 0 fully saturated rings. The number of nitrogens with one attached hydrogen (secondary N) is 1. The standard InChI is InChI=1S/C28H26FN3O3/c1-18(21-11-5-6-12-22(21)29)30-28(35)20-15-16-23-25(17-20)31-24(13-7-8-14-26(33)34)27(32-23)19-9-3-2-4-10-19/h2-6,9-12,15-18H,7-8,13-14H2,1H3,(H,30,35)(H,33,34). The zero-order valence-corrected chi connectivity index (χ0v) is 19.4. The molecule has 0 radical (unpaired) electrons. The number of carboxylic acids is 1. The summed E-state index contributed by atoms with van der Waals surface area (Å²) in [6.07, 6.45) is 1.87. The topological polar surface area (TPSA) is 92.2 Å². The first-order chi connectivity index (χ1) is 16.9. The number of hydrogen-bond acceptors (Lipinski definition) is 4. The summed E-state index contributed by atoms with van der Waals surface area (Å²) in [5, 5.41) is 11.8. The Morgan fingerprint density at radius 1 is 0.943 bits per heavy atom. The molecule has 0 aliphatic rings. The molecule has 0 aliphatic heterocycles. The zero-order chi connectivity index (χ0) is 24.8. The zero-order valence-electron chi connectivity index (χ0n) is 19.4. The van der Waals surface area contributed by atoms with Crippen molar-refractivity contribution in [2.45, 2.75) is 38.6 Å². The fourth-order valence-corrected chi connectivity index (χ4v) is 3.99. The number of halogens is 1. The minimum absolute atomic E-state index is 0.103. The molecule has 1 atom stereocenters. The summed E-state index contributed by atoms with van der Waals surface area (Å²) in [4.78, 5) is 33.4. The number of benzene rings is 3. The Balaban J connectivity index is 1.62. The number of carbonyl (C=O) groups is 2. The lowest BCUT2D eigenvalue weighted by Gasteiger charge is -2.15. The highest BCUT2D eigenvalue weighted by molar-refractivity contribution is 5.97. The van der Waals surface area contributed by atoms with Gasteiger partial charge >= 0.3 is 5.97 Å². The van der Waals surface area contributed by atoms with E-state index in [9.17, 15) is 14.0 Å². The van der Waals surface area contributed by atoms with Crippen LogP contribution in [0.3, 0.4) is 0 Å². The van der Waals surface area contributed by atoms with Crippen molar-refractivity contribution in [2.24, 2.45) is 0 Å². The van der Waals surface area contributed by atoms with Crippen LogP contribution in [-0.4, -0.2) is 27.0 Å². The third-order valence-corrected chi connectivity index (χ3v) is 5.82. The van der Waals surface area contributed by atoms with Gasteiger partial charge in [-0.25, -0.2) is 14.4 Å². The van der Waals surface area contributed by atoms with E-state index in [1.165, 1.54) is 6.07 Å². The molecule has 4 aromatic rings. The number of aromatic nitrogens is 2. The van der Waals surface area contributed by atoms with Crippen LogP contribution < -0.4 is 5.32 Å². The van der Waals surface area contributed by atoms with Gasteiger partial charge in [-0.15, -0.1) is 0 Å². The Labute approximate surface area is 202 Å². The molecule has 0 saturated heterocycles. The number of carbonyl (C=O) groups excluding carboxylic acids is 1. The summed E-state index contributed by atoms with van der Waals surface area (Å²) in [6, 6.07) is 20.7. The lowest BCUT2D eigenvalue weighted by atomic mass is 10.0. The van der Waals surface area contributed by atoms with Crippen LogP contribution in [0.4, 0.5) is 4.39 Å². The van der Waals surface area contributed by atoms with Gasteiger partial charge in [0, 0.05) is 23.1 Å². The Hall–Kier alpha value is -4.13. The maximum Gasteiger partial charge on any atom is 0.303 e. The normalized spacial score (nSPS) is 11.8. The van der Waals surface area contributed by atoms with Crippen LogP contribution in [0.2, 0.25) is 0 Å². The first kappa shape index (κ1) is 24.0. The van der Waals surface area contributed by atoms with Crippen molar-refractivity contribution in [2.75, 3.05) is 0 Å². The molecule has 35 heavy (non-hydrogen) atoms. The smallest absolute Gasteiger partial charge is 0.303 e. The van der Waals surface area contributed by atoms with Gasteiger partial charge in [0.25, 0.3) is 5.91 Å². The van der Waals surface area contributed by atoms with Crippen LogP contribution >= 0.6 is 0 Å². The van der Waals surface area contributed by atoms with E-state index in [0.717, 1.165) is 17.0 Å². The van der Waals surface area contributed by atoms with Gasteiger partial charge in [-0.1, -0.05) is 48.5 Å². The van der Waals surface area contributed by atoms with Crippen LogP contribution in [0.1, 0.15) is 53.8 Å². The molecule has 6 nitrogen and oxygen atoms in total. The first-order valence-electron chi connectivity index (χ1n) is 11.6. The van der Waals surface area contributed by atoms with Crippen molar-refractivity contribution < 1.29 is 19.1 Å². The lowest BCUT2D eigenvalue weighted by molar-refractivity contribution is -0.137. The molecular formula is C28H26FN3O3. The predicted molar refractivity (Wildman–Crippen MR) is 132 cm³/mol. The third kappa shape index (κ3) is 5.87. The van der Waals surface area contributed by atoms with E-state index < -0.39 is 12.0 Å². The van der Waals surface area contributed by atoms with Gasteiger partial charge in [0.05, 0.1) is 28.5 Å². The number of carboxylic acid groups (broad SMARTS) is 1. The largest absolute Gasteiger partial charge is 0.481 e. The molecule has 2 N–H and O–H groups in total. The molecule has 1 unspecified atom stereocenters. The number of aliphatic carboxylic acids is 1. The van der Waals surface area contributed by atoms with Gasteiger partial charge < -0.3 is 10.4 Å². The molecule has 0 spiro atoms. The van der Waals surface area contributed by atoms with E-state index in [0.29, 0.717) is 41.4 Å². The predicted octanol–water partition coefficient (Wildman–Crippen LogP) is 5.72. The van der Waals surface area contributed by atoms with Crippen molar-refractivity contribution in [3.8, 4) is 11.3 Å². The highest BCUT2D eigenvalue weighted by Crippen LogP contribution is 2.26. The fraction of sp³-hybridized carbons (Fsp3) is 0.214. The summed E-state index contributed by atoms with van der Waals surface area (Å²) in [7, 11) is 0. The van der Waals surface area contributed by atoms with Crippen LogP contribution in [0.15, 0.2) is 72.8 Å². The van der Waals surface area contributed by atoms with E-state index in [1.54, 1.807) is 43.3 Å². The van der Waals surface area contributed by atoms with Crippen molar-refractivity contribution in [3.63, 3.8) is 0 Å². The first-order valence-corrected chi connectivity index (χ1v) is 11.6. The summed E-state index contributed by atoms with van der Waals surface area (Å²) in [5.41, 5.74) is 4.47. The second-order valence-corrected chi connectivity index (χ2v) is 8.41. The van der Waals surface area contributed by atoms with Crippen molar-refractivity contribution in [1.29, 1.82) is 0 Å². The molecule has 3 aromatic carbocycles. The molecular weight excluding hydrogens is 445 g/mol. The van der Waals surface area contributed by atoms with E-state index in [4.69, 9.17) is 15.1 Å². The number of rotatable bonds is 9. The molecule has 1 heterocycles. The molecule has 0 bridgehead atoms. The van der Waals surface area contributed by atoms with Gasteiger partial charge in [-0.05, 0) is 50.5 Å². The molecule has 178 valence electrons. The highest BCUT2D eigenvalue weighted by atomic mass is 19.1. The summed E-state index contributed by atoms with van der Waals surface area (Å²) in [6.45, 7) is 1.73. The fourth-order valence-electron chi connectivity index (χ4n) is 3.99. The number of amides is 1. The summed E-state index contributed by atoms with van der Waals surface area (Å²) in [5.74, 6) is -1.52. The highest BCUT2D eigenvalue weighted by Gasteiger charge is 2.17. The number of unbranched alkanes of at least 4 members (excludes halogenated alkanes) is 1. The summed E-state index contributed by atoms with van der Waals surface area (Å²) < 4.78 is 14.1. The van der Waals surface area contributed by atoms with Gasteiger partial charge in [-0.2, -0.15) is 0 Å². The average molecular weight is 472 g/mol. The Bertz CT molecular complexity index is 1360. The van der Waals surface area contributed by atoms with Crippen LogP contribution in [0.5, 0.6) is 0 Å². The van der Waals surface area contributed by atoms with Crippen molar-refractivity contribution in [3.05, 3.63) is 95.4 Å². The quantitative estimate of drug-likeness (QED) is 0.305. The van der Waals surface area contributed by atoms with Crippen molar-refractivity contribution in [1.82, 2.24) is 15.3 Å². The minimum Gasteiger partial charge on any atom is -0.481 e. The second kappa shape index (κ2) is 10.9. The maximum absolute atomic E-state index is 14.1. The maximum atomic E-state index is 14.1. The number of hydrogen-bond donors (Lipinski definition) is 2. The summed E-state index contributed by atoms with van der Waals surface area (Å²) >= 11 is 0. The van der Waals surface area contributed by atoms with E-state index in [2.05, 4.69) is 5.32 Å². The Morgan fingerprint density at radius 2 is 1.69 bits per heavy atom. The molecule has 4 rings (SSSR count). The monoisotopic (exact) mass is 471 g/mol. The van der Waals surface area contributed by atoms with Gasteiger partial charge in [0.2, 0.25) is 0 Å². The van der Waals surface area contributed by atoms with E-state index in [-0.39, 0.29) is 18.1 Å². The van der Waals surface area contributed by atoms with Crippen LogP contribution in [0.25, 0.3) is 22.3 Å². The molecule has 0 aliphatic carbocycles. The SMILES string of the molecule is CC(NC(=O)c1ccc2nc(-c3ccccc3)c(CCCCC(=O)O)nc2c1)c1ccccc1F. The van der Waals surface area contributed by atoms with Crippen LogP contribution in [0, 0.1) is 5.82 Å². The van der Waals surface area contributed by atoms with Gasteiger partial charge in [0.1, 0.15) is 5.82 Å².